The van der Waals surface area contributed by atoms with E-state index in [1.54, 1.807) is 48.5 Å². The molecule has 0 heterocycles. The van der Waals surface area contributed by atoms with E-state index in [1.165, 1.54) is 4.90 Å². The van der Waals surface area contributed by atoms with Crippen LogP contribution < -0.4 is 16.0 Å². The summed E-state index contributed by atoms with van der Waals surface area (Å²) in [6.07, 6.45) is 0. The monoisotopic (exact) mass is 271 g/mol. The van der Waals surface area contributed by atoms with Crippen molar-refractivity contribution in [1.29, 1.82) is 0 Å². The van der Waals surface area contributed by atoms with E-state index >= 15 is 0 Å². The summed E-state index contributed by atoms with van der Waals surface area (Å²) in [6, 6.07) is 13.3. The molecule has 4 N–H and O–H groups in total. The fraction of sp³-hybridized carbons (Fsp3) is 0.133. The van der Waals surface area contributed by atoms with E-state index in [-0.39, 0.29) is 11.8 Å². The van der Waals surface area contributed by atoms with Crippen molar-refractivity contribution in [1.82, 2.24) is 0 Å². The van der Waals surface area contributed by atoms with Gasteiger partial charge in [0, 0.05) is 29.7 Å². The van der Waals surface area contributed by atoms with E-state index in [0.29, 0.717) is 23.6 Å². The van der Waals surface area contributed by atoms with Gasteiger partial charge in [0.1, 0.15) is 5.75 Å². The van der Waals surface area contributed by atoms with Crippen LogP contribution in [0, 0.1) is 0 Å². The van der Waals surface area contributed by atoms with Crippen LogP contribution >= 0.6 is 0 Å². The van der Waals surface area contributed by atoms with Gasteiger partial charge in [0.15, 0.2) is 0 Å². The Hall–Kier alpha value is -2.69. The van der Waals surface area contributed by atoms with Crippen molar-refractivity contribution in [3.8, 4) is 5.75 Å². The van der Waals surface area contributed by atoms with Gasteiger partial charge in [0.05, 0.1) is 0 Å². The fourth-order valence-electron chi connectivity index (χ4n) is 1.91. The molecule has 2 amide bonds. The predicted molar refractivity (Wildman–Crippen MR) is 81.0 cm³/mol. The Morgan fingerprint density at radius 2 is 2.00 bits per heavy atom. The first-order chi connectivity index (χ1) is 9.60. The van der Waals surface area contributed by atoms with Crippen LogP contribution in [0.5, 0.6) is 5.75 Å². The number of benzene rings is 2. The normalized spacial score (nSPS) is 10.1. The number of hydrogen-bond acceptors (Lipinski definition) is 3. The lowest BCUT2D eigenvalue weighted by Gasteiger charge is -2.21. The van der Waals surface area contributed by atoms with E-state index in [1.807, 2.05) is 6.92 Å². The van der Waals surface area contributed by atoms with Gasteiger partial charge in [-0.3, -0.25) is 4.90 Å². The first-order valence-corrected chi connectivity index (χ1v) is 6.33. The molecule has 0 aliphatic heterocycles. The number of carbonyl (C=O) groups is 1. The van der Waals surface area contributed by atoms with Crippen molar-refractivity contribution < 1.29 is 9.90 Å². The van der Waals surface area contributed by atoms with Gasteiger partial charge in [-0.1, -0.05) is 12.1 Å². The van der Waals surface area contributed by atoms with E-state index in [9.17, 15) is 9.90 Å². The number of urea groups is 1. The summed E-state index contributed by atoms with van der Waals surface area (Å²) in [6.45, 7) is 2.35. The number of anilines is 3. The smallest absolute Gasteiger partial charge is 0.326 e. The highest BCUT2D eigenvalue weighted by Crippen LogP contribution is 2.21. The number of carbonyl (C=O) groups excluding carboxylic acids is 1. The van der Waals surface area contributed by atoms with Crippen LogP contribution in [0.25, 0.3) is 0 Å². The molecule has 2 aromatic rings. The van der Waals surface area contributed by atoms with Crippen LogP contribution in [-0.4, -0.2) is 17.7 Å². The number of phenolic OH excluding ortho intramolecular Hbond substituents is 1. The van der Waals surface area contributed by atoms with Gasteiger partial charge in [-0.2, -0.15) is 0 Å². The first kappa shape index (κ1) is 13.7. The number of nitrogen functional groups attached to an aromatic ring is 1. The number of nitrogens with one attached hydrogen (secondary N) is 1. The van der Waals surface area contributed by atoms with Gasteiger partial charge in [-0.05, 0) is 37.3 Å². The average Bonchev–Trinajstić information content (AvgIpc) is 2.39. The number of phenols is 1. The van der Waals surface area contributed by atoms with Crippen LogP contribution in [0.4, 0.5) is 21.9 Å². The van der Waals surface area contributed by atoms with Gasteiger partial charge in [-0.25, -0.2) is 4.79 Å². The molecule has 0 saturated heterocycles. The van der Waals surface area contributed by atoms with E-state index in [4.69, 9.17) is 5.73 Å². The first-order valence-electron chi connectivity index (χ1n) is 6.33. The maximum Gasteiger partial charge on any atom is 0.326 e. The molecule has 2 aromatic carbocycles. The third-order valence-electron chi connectivity index (χ3n) is 2.84. The lowest BCUT2D eigenvalue weighted by molar-refractivity contribution is 0.257. The Balaban J connectivity index is 2.17. The van der Waals surface area contributed by atoms with Crippen molar-refractivity contribution in [3.05, 3.63) is 48.5 Å². The van der Waals surface area contributed by atoms with Crippen molar-refractivity contribution in [3.63, 3.8) is 0 Å². The molecule has 0 unspecified atom stereocenters. The standard InChI is InChI=1S/C15H17N3O2/c1-2-18(13-7-4-8-14(19)10-13)15(20)17-12-6-3-5-11(16)9-12/h3-10,19H,2,16H2,1H3,(H,17,20). The fourth-order valence-corrected chi connectivity index (χ4v) is 1.91. The summed E-state index contributed by atoms with van der Waals surface area (Å²) < 4.78 is 0. The molecule has 0 aromatic heterocycles. The lowest BCUT2D eigenvalue weighted by atomic mass is 10.2. The molecule has 0 bridgehead atoms. The minimum absolute atomic E-state index is 0.123. The number of aromatic hydroxyl groups is 1. The highest BCUT2D eigenvalue weighted by molar-refractivity contribution is 6.02. The third-order valence-corrected chi connectivity index (χ3v) is 2.84. The molecule has 20 heavy (non-hydrogen) atoms. The summed E-state index contributed by atoms with van der Waals surface area (Å²) in [5, 5.41) is 12.3. The van der Waals surface area contributed by atoms with Crippen molar-refractivity contribution in [2.24, 2.45) is 0 Å². The highest BCUT2D eigenvalue weighted by Gasteiger charge is 2.14. The van der Waals surface area contributed by atoms with Crippen LogP contribution in [0.3, 0.4) is 0 Å². The molecule has 2 rings (SSSR count). The van der Waals surface area contributed by atoms with Crippen LogP contribution in [0.2, 0.25) is 0 Å². The van der Waals surface area contributed by atoms with Gasteiger partial charge in [0.2, 0.25) is 0 Å². The average molecular weight is 271 g/mol. The highest BCUT2D eigenvalue weighted by atomic mass is 16.3. The summed E-state index contributed by atoms with van der Waals surface area (Å²) in [5.41, 5.74) is 7.53. The second kappa shape index (κ2) is 5.97. The molecule has 104 valence electrons. The lowest BCUT2D eigenvalue weighted by Crippen LogP contribution is -2.34. The second-order valence-electron chi connectivity index (χ2n) is 4.32. The summed E-state index contributed by atoms with van der Waals surface area (Å²) in [5.74, 6) is 0.123. The Kier molecular flexibility index (Phi) is 4.10. The summed E-state index contributed by atoms with van der Waals surface area (Å²) in [4.78, 5) is 13.8. The molecule has 0 radical (unpaired) electrons. The zero-order valence-electron chi connectivity index (χ0n) is 11.2. The number of nitrogens with zero attached hydrogens (tertiary/aromatic N) is 1. The molecule has 5 nitrogen and oxygen atoms in total. The Bertz CT molecular complexity index is 614. The quantitative estimate of drug-likeness (QED) is 0.751. The molecular weight excluding hydrogens is 254 g/mol. The summed E-state index contributed by atoms with van der Waals surface area (Å²) in [7, 11) is 0. The minimum atomic E-state index is -0.274. The SMILES string of the molecule is CCN(C(=O)Nc1cccc(N)c1)c1cccc(O)c1. The molecule has 0 aliphatic carbocycles. The van der Waals surface area contributed by atoms with Crippen LogP contribution in [0.1, 0.15) is 6.92 Å². The third kappa shape index (κ3) is 3.20. The Labute approximate surface area is 117 Å². The second-order valence-corrected chi connectivity index (χ2v) is 4.32. The zero-order chi connectivity index (χ0) is 14.5. The maximum absolute atomic E-state index is 12.3. The molecular formula is C15H17N3O2. The van der Waals surface area contributed by atoms with E-state index < -0.39 is 0 Å². The number of rotatable bonds is 3. The molecule has 0 aliphatic rings. The molecule has 0 fully saturated rings. The van der Waals surface area contributed by atoms with E-state index in [0.717, 1.165) is 0 Å². The topological polar surface area (TPSA) is 78.6 Å². The number of amides is 2. The van der Waals surface area contributed by atoms with Gasteiger partial charge in [0.25, 0.3) is 0 Å². The van der Waals surface area contributed by atoms with Gasteiger partial charge < -0.3 is 16.2 Å². The largest absolute Gasteiger partial charge is 0.508 e. The predicted octanol–water partition coefficient (Wildman–Crippen LogP) is 3.03. The van der Waals surface area contributed by atoms with Crippen LogP contribution in [0.15, 0.2) is 48.5 Å². The van der Waals surface area contributed by atoms with E-state index in [2.05, 4.69) is 5.32 Å². The Morgan fingerprint density at radius 1 is 1.25 bits per heavy atom. The molecule has 0 atom stereocenters. The van der Waals surface area contributed by atoms with Gasteiger partial charge >= 0.3 is 6.03 Å². The number of nitrogens with two attached hydrogens (primary N) is 1. The molecule has 5 heteroatoms. The summed E-state index contributed by atoms with van der Waals surface area (Å²) >= 11 is 0. The van der Waals surface area contributed by atoms with Crippen molar-refractivity contribution in [2.45, 2.75) is 6.92 Å². The van der Waals surface area contributed by atoms with Crippen molar-refractivity contribution in [2.75, 3.05) is 22.5 Å². The molecule has 0 saturated carbocycles. The number of hydrogen-bond donors (Lipinski definition) is 3. The minimum Gasteiger partial charge on any atom is -0.508 e. The van der Waals surface area contributed by atoms with Crippen LogP contribution in [-0.2, 0) is 0 Å². The molecule has 0 spiro atoms. The Morgan fingerprint density at radius 3 is 2.65 bits per heavy atom. The van der Waals surface area contributed by atoms with Crippen molar-refractivity contribution >= 4 is 23.1 Å². The zero-order valence-corrected chi connectivity index (χ0v) is 11.2. The van der Waals surface area contributed by atoms with Gasteiger partial charge in [-0.15, -0.1) is 0 Å². The maximum atomic E-state index is 12.3.